The van der Waals surface area contributed by atoms with Crippen LogP contribution in [0, 0.1) is 6.92 Å². The van der Waals surface area contributed by atoms with Crippen LogP contribution < -0.4 is 14.9 Å². The summed E-state index contributed by atoms with van der Waals surface area (Å²) >= 11 is 0. The van der Waals surface area contributed by atoms with E-state index in [1.165, 1.54) is 6.20 Å². The molecule has 152 valence electrons. The molecule has 2 aromatic heterocycles. The Morgan fingerprint density at radius 3 is 2.34 bits per heavy atom. The van der Waals surface area contributed by atoms with Crippen molar-refractivity contribution in [3.63, 3.8) is 0 Å². The highest BCUT2D eigenvalue weighted by atomic mass is 16.6. The number of carbonyl (C=O) groups is 1. The van der Waals surface area contributed by atoms with Crippen molar-refractivity contribution in [1.29, 1.82) is 0 Å². The molecule has 1 aromatic carbocycles. The van der Waals surface area contributed by atoms with Crippen LogP contribution in [-0.4, -0.2) is 35.3 Å². The van der Waals surface area contributed by atoms with E-state index in [1.807, 2.05) is 32.9 Å². The number of hydrogen-bond acceptors (Lipinski definition) is 6. The minimum atomic E-state index is -0.671. The fourth-order valence-corrected chi connectivity index (χ4v) is 2.92. The lowest BCUT2D eigenvalue weighted by atomic mass is 10.2. The highest BCUT2D eigenvalue weighted by molar-refractivity contribution is 5.93. The monoisotopic (exact) mass is 396 g/mol. The number of fused-ring (bicyclic) bond motifs is 1. The number of carbonyl (C=O) groups excluding carboxylic acids is 1. The molecule has 0 spiro atoms. The number of benzene rings is 1. The molecule has 0 saturated carbocycles. The van der Waals surface area contributed by atoms with E-state index in [4.69, 9.17) is 14.2 Å². The summed E-state index contributed by atoms with van der Waals surface area (Å²) in [6, 6.07) is 10.6. The number of rotatable bonds is 8. The van der Waals surface area contributed by atoms with Gasteiger partial charge in [-0.05, 0) is 57.2 Å². The summed E-state index contributed by atoms with van der Waals surface area (Å²) in [6.07, 6.45) is 1.51. The maximum Gasteiger partial charge on any atom is 0.343 e. The Balaban J connectivity index is 1.65. The van der Waals surface area contributed by atoms with Crippen LogP contribution in [0.5, 0.6) is 11.5 Å². The fourth-order valence-electron chi connectivity index (χ4n) is 2.92. The lowest BCUT2D eigenvalue weighted by Crippen LogP contribution is -2.22. The molecule has 7 nitrogen and oxygen atoms in total. The zero-order valence-corrected chi connectivity index (χ0v) is 16.8. The van der Waals surface area contributed by atoms with Crippen LogP contribution in [0.15, 0.2) is 47.4 Å². The van der Waals surface area contributed by atoms with Crippen molar-refractivity contribution in [3.8, 4) is 11.5 Å². The van der Waals surface area contributed by atoms with E-state index in [0.29, 0.717) is 29.9 Å². The Labute approximate surface area is 168 Å². The number of aromatic nitrogens is 2. The van der Waals surface area contributed by atoms with Gasteiger partial charge < -0.3 is 18.8 Å². The first-order chi connectivity index (χ1) is 14.0. The second-order valence-corrected chi connectivity index (χ2v) is 6.37. The number of pyridine rings is 2. The van der Waals surface area contributed by atoms with Gasteiger partial charge in [0.15, 0.2) is 0 Å². The number of aryl methyl sites for hydroxylation is 2. The van der Waals surface area contributed by atoms with E-state index in [2.05, 4.69) is 4.98 Å². The van der Waals surface area contributed by atoms with Gasteiger partial charge in [-0.1, -0.05) is 0 Å². The molecular weight excluding hydrogens is 372 g/mol. The Morgan fingerprint density at radius 2 is 1.69 bits per heavy atom. The molecule has 0 aliphatic heterocycles. The summed E-state index contributed by atoms with van der Waals surface area (Å²) in [5, 5.41) is 0.400. The summed E-state index contributed by atoms with van der Waals surface area (Å²) in [5.74, 6) is 0.736. The molecule has 3 rings (SSSR count). The average molecular weight is 396 g/mol. The third-order valence-electron chi connectivity index (χ3n) is 4.34. The molecule has 0 aliphatic rings. The lowest BCUT2D eigenvalue weighted by Gasteiger charge is -2.11. The number of nitrogens with zero attached hydrogens (tertiary/aromatic N) is 2. The van der Waals surface area contributed by atoms with Crippen LogP contribution in [-0.2, 0) is 11.3 Å². The van der Waals surface area contributed by atoms with Gasteiger partial charge in [0, 0.05) is 18.4 Å². The summed E-state index contributed by atoms with van der Waals surface area (Å²) in [6.45, 7) is 7.08. The summed E-state index contributed by atoms with van der Waals surface area (Å²) in [4.78, 5) is 29.6. The minimum absolute atomic E-state index is 0.00827. The molecule has 3 aromatic rings. The predicted octanol–water partition coefficient (Wildman–Crippen LogP) is 3.36. The molecule has 0 aliphatic carbocycles. The van der Waals surface area contributed by atoms with E-state index >= 15 is 0 Å². The topological polar surface area (TPSA) is 79.7 Å². The summed E-state index contributed by atoms with van der Waals surface area (Å²) < 4.78 is 17.9. The van der Waals surface area contributed by atoms with Crippen LogP contribution in [0.3, 0.4) is 0 Å². The van der Waals surface area contributed by atoms with Crippen molar-refractivity contribution in [1.82, 2.24) is 9.55 Å². The smallest absolute Gasteiger partial charge is 0.343 e. The Hall–Kier alpha value is -3.35. The molecule has 0 amide bonds. The molecule has 2 heterocycles. The highest BCUT2D eigenvalue weighted by Gasteiger charge is 2.17. The van der Waals surface area contributed by atoms with Crippen molar-refractivity contribution in [2.45, 2.75) is 27.3 Å². The van der Waals surface area contributed by atoms with Gasteiger partial charge >= 0.3 is 5.97 Å². The van der Waals surface area contributed by atoms with Gasteiger partial charge in [0.2, 0.25) is 5.43 Å². The number of esters is 1. The summed E-state index contributed by atoms with van der Waals surface area (Å²) in [5.41, 5.74) is 0.981. The van der Waals surface area contributed by atoms with Crippen molar-refractivity contribution < 1.29 is 19.0 Å². The van der Waals surface area contributed by atoms with Gasteiger partial charge in [-0.15, -0.1) is 0 Å². The van der Waals surface area contributed by atoms with E-state index in [1.54, 1.807) is 28.8 Å². The second kappa shape index (κ2) is 9.23. The second-order valence-electron chi connectivity index (χ2n) is 6.37. The zero-order chi connectivity index (χ0) is 20.8. The van der Waals surface area contributed by atoms with E-state index in [-0.39, 0.29) is 24.2 Å². The van der Waals surface area contributed by atoms with Crippen LogP contribution in [0.25, 0.3) is 11.0 Å². The SMILES string of the molecule is CCOc1ccc(OCCOC(=O)c2cn(CC)c3nc(C)ccc3c2=O)cc1. The standard InChI is InChI=1S/C22H24N2O5/c1-4-24-14-19(20(25)18-11-6-15(3)23-21(18)24)22(26)29-13-12-28-17-9-7-16(8-10-17)27-5-2/h6-11,14H,4-5,12-13H2,1-3H3. The molecule has 0 saturated heterocycles. The Kier molecular flexibility index (Phi) is 6.49. The predicted molar refractivity (Wildman–Crippen MR) is 110 cm³/mol. The molecule has 0 atom stereocenters. The van der Waals surface area contributed by atoms with Gasteiger partial charge in [0.05, 0.1) is 12.0 Å². The molecule has 0 bridgehead atoms. The maximum atomic E-state index is 12.7. The van der Waals surface area contributed by atoms with Crippen LogP contribution in [0.1, 0.15) is 29.9 Å². The molecule has 0 unspecified atom stereocenters. The molecule has 0 N–H and O–H groups in total. The molecule has 0 radical (unpaired) electrons. The Bertz CT molecular complexity index is 1060. The van der Waals surface area contributed by atoms with Gasteiger partial charge in [0.25, 0.3) is 0 Å². The molecule has 29 heavy (non-hydrogen) atoms. The molecular formula is C22H24N2O5. The fraction of sp³-hybridized carbons (Fsp3) is 0.318. The van der Waals surface area contributed by atoms with Crippen LogP contribution >= 0.6 is 0 Å². The van der Waals surface area contributed by atoms with E-state index in [9.17, 15) is 9.59 Å². The van der Waals surface area contributed by atoms with Gasteiger partial charge in [0.1, 0.15) is 35.9 Å². The van der Waals surface area contributed by atoms with Crippen molar-refractivity contribution in [3.05, 3.63) is 64.1 Å². The average Bonchev–Trinajstić information content (AvgIpc) is 2.72. The minimum Gasteiger partial charge on any atom is -0.494 e. The normalized spacial score (nSPS) is 10.7. The maximum absolute atomic E-state index is 12.7. The van der Waals surface area contributed by atoms with Crippen molar-refractivity contribution in [2.75, 3.05) is 19.8 Å². The molecule has 7 heteroatoms. The van der Waals surface area contributed by atoms with E-state index in [0.717, 1.165) is 11.4 Å². The van der Waals surface area contributed by atoms with E-state index < -0.39 is 5.97 Å². The third kappa shape index (κ3) is 4.74. The lowest BCUT2D eigenvalue weighted by molar-refractivity contribution is 0.0448. The molecule has 0 fully saturated rings. The van der Waals surface area contributed by atoms with Gasteiger partial charge in [-0.25, -0.2) is 9.78 Å². The first-order valence-electron chi connectivity index (χ1n) is 9.57. The number of hydrogen-bond donors (Lipinski definition) is 0. The van der Waals surface area contributed by atoms with Gasteiger partial charge in [-0.3, -0.25) is 4.79 Å². The largest absolute Gasteiger partial charge is 0.494 e. The van der Waals surface area contributed by atoms with Gasteiger partial charge in [-0.2, -0.15) is 0 Å². The number of ether oxygens (including phenoxy) is 3. The highest BCUT2D eigenvalue weighted by Crippen LogP contribution is 2.17. The van der Waals surface area contributed by atoms with Crippen LogP contribution in [0.4, 0.5) is 0 Å². The first kappa shape index (κ1) is 20.4. The van der Waals surface area contributed by atoms with Crippen molar-refractivity contribution in [2.24, 2.45) is 0 Å². The summed E-state index contributed by atoms with van der Waals surface area (Å²) in [7, 11) is 0. The zero-order valence-electron chi connectivity index (χ0n) is 16.8. The third-order valence-corrected chi connectivity index (χ3v) is 4.34. The van der Waals surface area contributed by atoms with Crippen LogP contribution in [0.2, 0.25) is 0 Å². The quantitative estimate of drug-likeness (QED) is 0.429. The first-order valence-corrected chi connectivity index (χ1v) is 9.57. The van der Waals surface area contributed by atoms with Crippen molar-refractivity contribution >= 4 is 17.0 Å². The Morgan fingerprint density at radius 1 is 1.00 bits per heavy atom.